The molecule has 0 saturated carbocycles. The second-order valence-corrected chi connectivity index (χ2v) is 6.98. The van der Waals surface area contributed by atoms with E-state index in [-0.39, 0.29) is 5.91 Å². The van der Waals surface area contributed by atoms with Crippen molar-refractivity contribution < 1.29 is 9.53 Å². The van der Waals surface area contributed by atoms with Gasteiger partial charge in [-0.25, -0.2) is 4.98 Å². The number of imidazole rings is 1. The third-order valence-electron chi connectivity index (χ3n) is 5.08. The number of pyridine rings is 2. The van der Waals surface area contributed by atoms with E-state index < -0.39 is 0 Å². The molecule has 1 aliphatic heterocycles. The van der Waals surface area contributed by atoms with Crippen LogP contribution in [-0.4, -0.2) is 58.0 Å². The topological polar surface area (TPSA) is 71.8 Å². The number of rotatable bonds is 6. The van der Waals surface area contributed by atoms with E-state index in [0.29, 0.717) is 38.5 Å². The number of amides is 1. The predicted molar refractivity (Wildman–Crippen MR) is 106 cm³/mol. The van der Waals surface area contributed by atoms with E-state index in [1.165, 1.54) is 5.56 Å². The van der Waals surface area contributed by atoms with Crippen LogP contribution >= 0.6 is 0 Å². The van der Waals surface area contributed by atoms with Gasteiger partial charge in [0.1, 0.15) is 5.65 Å². The average molecular weight is 379 g/mol. The standard InChI is InChI=1S/C21H25N5O2/c1-16-3-2-10-26-18(15-23-9-6-17-4-7-22-8-5-17)19(24-20(16)26)21(27)25-11-13-28-14-12-25/h2-5,7-8,10,23H,6,9,11-15H2,1H3. The van der Waals surface area contributed by atoms with Gasteiger partial charge in [0.25, 0.3) is 5.91 Å². The van der Waals surface area contributed by atoms with Gasteiger partial charge in [-0.1, -0.05) is 6.07 Å². The van der Waals surface area contributed by atoms with E-state index in [1.807, 2.05) is 59.1 Å². The normalized spacial score (nSPS) is 14.5. The molecule has 7 nitrogen and oxygen atoms in total. The van der Waals surface area contributed by atoms with E-state index in [1.54, 1.807) is 0 Å². The van der Waals surface area contributed by atoms with Crippen LogP contribution in [-0.2, 0) is 17.7 Å². The highest BCUT2D eigenvalue weighted by molar-refractivity contribution is 5.94. The molecule has 1 N–H and O–H groups in total. The molecule has 1 saturated heterocycles. The smallest absolute Gasteiger partial charge is 0.274 e. The molecule has 0 bridgehead atoms. The first-order chi connectivity index (χ1) is 13.7. The van der Waals surface area contributed by atoms with Crippen molar-refractivity contribution in [1.29, 1.82) is 0 Å². The maximum Gasteiger partial charge on any atom is 0.274 e. The summed E-state index contributed by atoms with van der Waals surface area (Å²) in [5.41, 5.74) is 4.57. The average Bonchev–Trinajstić information content (AvgIpc) is 3.12. The molecule has 3 aromatic rings. The number of nitrogens with zero attached hydrogens (tertiary/aromatic N) is 4. The maximum atomic E-state index is 13.1. The van der Waals surface area contributed by atoms with Crippen LogP contribution in [0.5, 0.6) is 0 Å². The fraction of sp³-hybridized carbons (Fsp3) is 0.381. The fourth-order valence-corrected chi connectivity index (χ4v) is 3.50. The van der Waals surface area contributed by atoms with Gasteiger partial charge in [-0.3, -0.25) is 9.78 Å². The lowest BCUT2D eigenvalue weighted by Gasteiger charge is -2.26. The summed E-state index contributed by atoms with van der Waals surface area (Å²) >= 11 is 0. The van der Waals surface area contributed by atoms with Gasteiger partial charge < -0.3 is 19.4 Å². The van der Waals surface area contributed by atoms with Gasteiger partial charge >= 0.3 is 0 Å². The zero-order valence-corrected chi connectivity index (χ0v) is 16.1. The number of carbonyl (C=O) groups is 1. The van der Waals surface area contributed by atoms with Gasteiger partial charge in [-0.2, -0.15) is 0 Å². The van der Waals surface area contributed by atoms with Crippen molar-refractivity contribution in [1.82, 2.24) is 24.6 Å². The lowest BCUT2D eigenvalue weighted by atomic mass is 10.2. The Labute approximate surface area is 164 Å². The van der Waals surface area contributed by atoms with Crippen molar-refractivity contribution in [2.24, 2.45) is 0 Å². The van der Waals surface area contributed by atoms with Gasteiger partial charge in [0.15, 0.2) is 5.69 Å². The van der Waals surface area contributed by atoms with Crippen LogP contribution in [0.3, 0.4) is 0 Å². The summed E-state index contributed by atoms with van der Waals surface area (Å²) in [5, 5.41) is 3.47. The largest absolute Gasteiger partial charge is 0.378 e. The highest BCUT2D eigenvalue weighted by atomic mass is 16.5. The van der Waals surface area contributed by atoms with Gasteiger partial charge in [0.2, 0.25) is 0 Å². The highest BCUT2D eigenvalue weighted by Gasteiger charge is 2.25. The zero-order valence-electron chi connectivity index (χ0n) is 16.1. The minimum absolute atomic E-state index is 0.0164. The molecule has 146 valence electrons. The molecule has 0 aliphatic carbocycles. The zero-order chi connectivity index (χ0) is 19.3. The summed E-state index contributed by atoms with van der Waals surface area (Å²) in [4.78, 5) is 23.7. The molecule has 0 spiro atoms. The third-order valence-corrected chi connectivity index (χ3v) is 5.08. The quantitative estimate of drug-likeness (QED) is 0.662. The molecule has 0 atom stereocenters. The van der Waals surface area contributed by atoms with Gasteiger partial charge in [0.05, 0.1) is 18.9 Å². The van der Waals surface area contributed by atoms with Crippen LogP contribution in [0.25, 0.3) is 5.65 Å². The van der Waals surface area contributed by atoms with E-state index in [0.717, 1.165) is 29.9 Å². The summed E-state index contributed by atoms with van der Waals surface area (Å²) in [5.74, 6) is -0.0164. The molecular formula is C21H25N5O2. The van der Waals surface area contributed by atoms with Crippen molar-refractivity contribution >= 4 is 11.6 Å². The Morgan fingerprint density at radius 1 is 1.21 bits per heavy atom. The molecule has 28 heavy (non-hydrogen) atoms. The van der Waals surface area contributed by atoms with Crippen molar-refractivity contribution in [3.05, 3.63) is 65.4 Å². The Kier molecular flexibility index (Phi) is 5.64. The van der Waals surface area contributed by atoms with Crippen LogP contribution in [0.4, 0.5) is 0 Å². The Morgan fingerprint density at radius 3 is 2.79 bits per heavy atom. The number of aromatic nitrogens is 3. The molecule has 7 heteroatoms. The summed E-state index contributed by atoms with van der Waals surface area (Å²) in [6.07, 6.45) is 6.50. The lowest BCUT2D eigenvalue weighted by molar-refractivity contribution is 0.0298. The summed E-state index contributed by atoms with van der Waals surface area (Å²) in [7, 11) is 0. The lowest BCUT2D eigenvalue weighted by Crippen LogP contribution is -2.41. The van der Waals surface area contributed by atoms with Crippen LogP contribution in [0.15, 0.2) is 42.9 Å². The summed E-state index contributed by atoms with van der Waals surface area (Å²) in [6.45, 7) is 5.80. The van der Waals surface area contributed by atoms with Crippen LogP contribution in [0.2, 0.25) is 0 Å². The molecule has 1 aliphatic rings. The monoisotopic (exact) mass is 379 g/mol. The van der Waals surface area contributed by atoms with Gasteiger partial charge in [0, 0.05) is 38.2 Å². The molecule has 1 amide bonds. The van der Waals surface area contributed by atoms with Gasteiger partial charge in [-0.15, -0.1) is 0 Å². The molecule has 1 fully saturated rings. The Bertz CT molecular complexity index is 948. The van der Waals surface area contributed by atoms with Crippen molar-refractivity contribution in [3.8, 4) is 0 Å². The molecule has 4 rings (SSSR count). The van der Waals surface area contributed by atoms with Crippen LogP contribution in [0.1, 0.15) is 27.3 Å². The molecule has 4 heterocycles. The summed E-state index contributed by atoms with van der Waals surface area (Å²) in [6, 6.07) is 8.05. The third kappa shape index (κ3) is 3.90. The molecule has 0 radical (unpaired) electrons. The number of carbonyl (C=O) groups excluding carboxylic acids is 1. The molecule has 0 unspecified atom stereocenters. The number of hydrogen-bond acceptors (Lipinski definition) is 5. The molecular weight excluding hydrogens is 354 g/mol. The molecule has 3 aromatic heterocycles. The second kappa shape index (κ2) is 8.50. The molecule has 0 aromatic carbocycles. The van der Waals surface area contributed by atoms with Crippen LogP contribution < -0.4 is 5.32 Å². The van der Waals surface area contributed by atoms with Gasteiger partial charge in [-0.05, 0) is 49.2 Å². The van der Waals surface area contributed by atoms with E-state index >= 15 is 0 Å². The SMILES string of the molecule is Cc1cccn2c(CNCCc3ccncc3)c(C(=O)N3CCOCC3)nc12. The number of nitrogens with one attached hydrogen (secondary N) is 1. The first-order valence-corrected chi connectivity index (χ1v) is 9.67. The van der Waals surface area contributed by atoms with Crippen molar-refractivity contribution in [2.75, 3.05) is 32.8 Å². The first-order valence-electron chi connectivity index (χ1n) is 9.67. The Morgan fingerprint density at radius 2 is 2.00 bits per heavy atom. The number of ether oxygens (including phenoxy) is 1. The number of aryl methyl sites for hydroxylation is 1. The van der Waals surface area contributed by atoms with Crippen molar-refractivity contribution in [2.45, 2.75) is 19.9 Å². The number of morpholine rings is 1. The van der Waals surface area contributed by atoms with Crippen LogP contribution in [0, 0.1) is 6.92 Å². The van der Waals surface area contributed by atoms with E-state index in [4.69, 9.17) is 9.72 Å². The van der Waals surface area contributed by atoms with Crippen molar-refractivity contribution in [3.63, 3.8) is 0 Å². The van der Waals surface area contributed by atoms with E-state index in [2.05, 4.69) is 10.3 Å². The fourth-order valence-electron chi connectivity index (χ4n) is 3.50. The maximum absolute atomic E-state index is 13.1. The Balaban J connectivity index is 1.54. The predicted octanol–water partition coefficient (Wildman–Crippen LogP) is 1.84. The first kappa shape index (κ1) is 18.6. The minimum Gasteiger partial charge on any atom is -0.378 e. The Hall–Kier alpha value is -2.77. The number of fused-ring (bicyclic) bond motifs is 1. The minimum atomic E-state index is -0.0164. The second-order valence-electron chi connectivity index (χ2n) is 6.98. The summed E-state index contributed by atoms with van der Waals surface area (Å²) < 4.78 is 7.41. The van der Waals surface area contributed by atoms with E-state index in [9.17, 15) is 4.79 Å². The highest BCUT2D eigenvalue weighted by Crippen LogP contribution is 2.18. The number of hydrogen-bond donors (Lipinski definition) is 1.